The lowest BCUT2D eigenvalue weighted by molar-refractivity contribution is -0.123. The van der Waals surface area contributed by atoms with E-state index in [2.05, 4.69) is 50.2 Å². The van der Waals surface area contributed by atoms with Crippen molar-refractivity contribution in [3.8, 4) is 0 Å². The molecule has 0 unspecified atom stereocenters. The fourth-order valence-electron chi connectivity index (χ4n) is 5.47. The van der Waals surface area contributed by atoms with Crippen LogP contribution in [0.4, 0.5) is 0 Å². The summed E-state index contributed by atoms with van der Waals surface area (Å²) >= 11 is 0. The Bertz CT molecular complexity index is 1520. The molecule has 0 saturated heterocycles. The van der Waals surface area contributed by atoms with E-state index in [1.807, 2.05) is 36.4 Å². The number of hydrogen-bond donors (Lipinski definition) is 0. The van der Waals surface area contributed by atoms with Gasteiger partial charge in [-0.15, -0.1) is 0 Å². The third-order valence-corrected chi connectivity index (χ3v) is 7.23. The molecule has 0 aliphatic carbocycles. The van der Waals surface area contributed by atoms with Crippen LogP contribution in [0.15, 0.2) is 83.9 Å². The molecule has 0 aromatic heterocycles. The molecular formula is C30H24N2O2. The van der Waals surface area contributed by atoms with Crippen LogP contribution >= 0.6 is 0 Å². The molecule has 34 heavy (non-hydrogen) atoms. The van der Waals surface area contributed by atoms with Crippen molar-refractivity contribution in [1.29, 1.82) is 0 Å². The fourth-order valence-corrected chi connectivity index (χ4v) is 5.47. The van der Waals surface area contributed by atoms with E-state index in [0.29, 0.717) is 22.5 Å². The van der Waals surface area contributed by atoms with Crippen LogP contribution in [0.2, 0.25) is 0 Å². The Morgan fingerprint density at radius 2 is 0.853 bits per heavy atom. The van der Waals surface area contributed by atoms with E-state index in [9.17, 15) is 9.59 Å². The third-order valence-electron chi connectivity index (χ3n) is 7.23. The quantitative estimate of drug-likeness (QED) is 0.399. The summed E-state index contributed by atoms with van der Waals surface area (Å²) in [4.78, 5) is 30.7. The van der Waals surface area contributed by atoms with Gasteiger partial charge in [-0.05, 0) is 46.5 Å². The average Bonchev–Trinajstić information content (AvgIpc) is 3.25. The molecule has 4 aromatic rings. The standard InChI is InChI=1S/C30H24N2O2/c1-17-13-15-23(21-11-7-5-9-19(17)21)27-25-26(30(34)31(27)3)28(32(4)29(25)33)24-16-14-18(2)20-10-6-8-12-22(20)24/h5-16H,1-4H3. The van der Waals surface area contributed by atoms with Crippen molar-refractivity contribution in [3.63, 3.8) is 0 Å². The highest BCUT2D eigenvalue weighted by molar-refractivity contribution is 6.31. The molecule has 6 rings (SSSR count). The van der Waals surface area contributed by atoms with Gasteiger partial charge in [0.05, 0.1) is 22.5 Å². The fraction of sp³-hybridized carbons (Fsp3) is 0.133. The van der Waals surface area contributed by atoms with E-state index in [4.69, 9.17) is 0 Å². The summed E-state index contributed by atoms with van der Waals surface area (Å²) in [5.41, 5.74) is 6.47. The second-order valence-corrected chi connectivity index (χ2v) is 9.13. The number of aryl methyl sites for hydroxylation is 2. The van der Waals surface area contributed by atoms with Crippen LogP contribution < -0.4 is 0 Å². The smallest absolute Gasteiger partial charge is 0.261 e. The van der Waals surface area contributed by atoms with E-state index in [1.165, 1.54) is 0 Å². The number of hydrogen-bond acceptors (Lipinski definition) is 2. The summed E-state index contributed by atoms with van der Waals surface area (Å²) < 4.78 is 0. The van der Waals surface area contributed by atoms with Crippen molar-refractivity contribution in [2.24, 2.45) is 0 Å². The summed E-state index contributed by atoms with van der Waals surface area (Å²) in [6.45, 7) is 4.15. The second kappa shape index (κ2) is 7.16. The molecule has 4 nitrogen and oxygen atoms in total. The Morgan fingerprint density at radius 1 is 0.500 bits per heavy atom. The number of carbonyl (C=O) groups excluding carboxylic acids is 2. The number of fused-ring (bicyclic) bond motifs is 3. The molecule has 0 radical (unpaired) electrons. The topological polar surface area (TPSA) is 40.6 Å². The molecule has 4 heteroatoms. The number of rotatable bonds is 2. The van der Waals surface area contributed by atoms with Crippen LogP contribution in [0.3, 0.4) is 0 Å². The minimum absolute atomic E-state index is 0.146. The minimum atomic E-state index is -0.146. The Balaban J connectivity index is 1.69. The van der Waals surface area contributed by atoms with Crippen molar-refractivity contribution in [1.82, 2.24) is 9.80 Å². The van der Waals surface area contributed by atoms with Gasteiger partial charge >= 0.3 is 0 Å². The van der Waals surface area contributed by atoms with E-state index in [-0.39, 0.29) is 11.8 Å². The normalized spacial score (nSPS) is 16.0. The molecule has 166 valence electrons. The first-order chi connectivity index (χ1) is 16.4. The van der Waals surface area contributed by atoms with Crippen LogP contribution in [-0.2, 0) is 9.59 Å². The molecule has 0 bridgehead atoms. The molecule has 0 fully saturated rings. The molecule has 0 spiro atoms. The summed E-state index contributed by atoms with van der Waals surface area (Å²) in [6, 6.07) is 24.5. The Hall–Kier alpha value is -4.18. The zero-order chi connectivity index (χ0) is 23.7. The molecular weight excluding hydrogens is 420 g/mol. The molecule has 0 saturated carbocycles. The second-order valence-electron chi connectivity index (χ2n) is 9.13. The van der Waals surface area contributed by atoms with E-state index in [1.54, 1.807) is 23.9 Å². The maximum absolute atomic E-state index is 13.7. The van der Waals surface area contributed by atoms with Crippen LogP contribution in [-0.4, -0.2) is 35.7 Å². The zero-order valence-electron chi connectivity index (χ0n) is 19.6. The lowest BCUT2D eigenvalue weighted by Crippen LogP contribution is -2.25. The summed E-state index contributed by atoms with van der Waals surface area (Å²) in [5, 5.41) is 4.32. The molecule has 2 amide bonds. The molecule has 2 aliphatic heterocycles. The SMILES string of the molecule is Cc1ccc(C2=C3C(=O)N(C)C(c4ccc(C)c5ccccc45)=C3C(=O)N2C)c2ccccc12. The van der Waals surface area contributed by atoms with Gasteiger partial charge in [-0.2, -0.15) is 0 Å². The summed E-state index contributed by atoms with van der Waals surface area (Å²) in [5.74, 6) is -0.293. The number of benzene rings is 4. The van der Waals surface area contributed by atoms with Gasteiger partial charge in [-0.3, -0.25) is 9.59 Å². The van der Waals surface area contributed by atoms with Gasteiger partial charge in [0, 0.05) is 25.2 Å². The highest BCUT2D eigenvalue weighted by Gasteiger charge is 2.47. The van der Waals surface area contributed by atoms with Crippen LogP contribution in [0.25, 0.3) is 32.9 Å². The van der Waals surface area contributed by atoms with Crippen LogP contribution in [0, 0.1) is 13.8 Å². The van der Waals surface area contributed by atoms with Crippen LogP contribution in [0.5, 0.6) is 0 Å². The Morgan fingerprint density at radius 3 is 1.24 bits per heavy atom. The van der Waals surface area contributed by atoms with E-state index >= 15 is 0 Å². The first-order valence-electron chi connectivity index (χ1n) is 11.4. The van der Waals surface area contributed by atoms with Crippen molar-refractivity contribution >= 4 is 44.8 Å². The minimum Gasteiger partial charge on any atom is -0.310 e. The molecule has 2 heterocycles. The lowest BCUT2D eigenvalue weighted by atomic mass is 9.94. The van der Waals surface area contributed by atoms with Crippen molar-refractivity contribution < 1.29 is 9.59 Å². The average molecular weight is 445 g/mol. The van der Waals surface area contributed by atoms with Gasteiger partial charge in [-0.25, -0.2) is 0 Å². The van der Waals surface area contributed by atoms with Gasteiger partial charge in [0.15, 0.2) is 0 Å². The highest BCUT2D eigenvalue weighted by atomic mass is 16.2. The molecule has 4 aromatic carbocycles. The van der Waals surface area contributed by atoms with Crippen molar-refractivity contribution in [3.05, 3.63) is 106 Å². The first kappa shape index (κ1) is 20.4. The van der Waals surface area contributed by atoms with Crippen LogP contribution in [0.1, 0.15) is 22.3 Å². The van der Waals surface area contributed by atoms with Gasteiger partial charge in [-0.1, -0.05) is 72.8 Å². The van der Waals surface area contributed by atoms with Gasteiger partial charge in [0.25, 0.3) is 11.8 Å². The van der Waals surface area contributed by atoms with Crippen molar-refractivity contribution in [2.45, 2.75) is 13.8 Å². The predicted molar refractivity (Wildman–Crippen MR) is 137 cm³/mol. The van der Waals surface area contributed by atoms with E-state index in [0.717, 1.165) is 43.8 Å². The molecule has 0 N–H and O–H groups in total. The summed E-state index contributed by atoms with van der Waals surface area (Å²) in [7, 11) is 3.53. The maximum Gasteiger partial charge on any atom is 0.261 e. The number of carbonyl (C=O) groups is 2. The lowest BCUT2D eigenvalue weighted by Gasteiger charge is -2.22. The predicted octanol–water partition coefficient (Wildman–Crippen LogP) is 5.68. The third kappa shape index (κ3) is 2.59. The van der Waals surface area contributed by atoms with Crippen molar-refractivity contribution in [2.75, 3.05) is 14.1 Å². The number of likely N-dealkylation sites (N-methyl/N-ethyl adjacent to an activating group) is 2. The first-order valence-corrected chi connectivity index (χ1v) is 11.4. The maximum atomic E-state index is 13.7. The Labute approximate surface area is 198 Å². The molecule has 0 atom stereocenters. The number of amides is 2. The summed E-state index contributed by atoms with van der Waals surface area (Å²) in [6.07, 6.45) is 0. The number of nitrogens with zero attached hydrogens (tertiary/aromatic N) is 2. The van der Waals surface area contributed by atoms with Gasteiger partial charge in [0.1, 0.15) is 0 Å². The van der Waals surface area contributed by atoms with E-state index < -0.39 is 0 Å². The van der Waals surface area contributed by atoms with Gasteiger partial charge < -0.3 is 9.80 Å². The Kier molecular flexibility index (Phi) is 4.30. The molecule has 2 aliphatic rings. The largest absolute Gasteiger partial charge is 0.310 e. The monoisotopic (exact) mass is 444 g/mol. The van der Waals surface area contributed by atoms with Gasteiger partial charge in [0.2, 0.25) is 0 Å². The zero-order valence-corrected chi connectivity index (χ0v) is 19.6. The highest BCUT2D eigenvalue weighted by Crippen LogP contribution is 2.47.